The molecular formula is C8H10ClN3O2S. The first-order valence-corrected chi connectivity index (χ1v) is 5.48. The first-order chi connectivity index (χ1) is 7.17. The second-order valence-corrected chi connectivity index (χ2v) is 3.70. The van der Waals surface area contributed by atoms with Crippen LogP contribution in [0.15, 0.2) is 10.5 Å². The fraction of sp³-hybridized carbons (Fsp3) is 0.375. The second kappa shape index (κ2) is 5.67. The van der Waals surface area contributed by atoms with Gasteiger partial charge < -0.3 is 10.2 Å². The number of alkyl halides is 1. The molecule has 0 radical (unpaired) electrons. The molecule has 5 nitrogen and oxygen atoms in total. The Hall–Kier alpha value is -1.14. The number of nitrogens with zero attached hydrogens (tertiary/aromatic N) is 2. The van der Waals surface area contributed by atoms with Crippen LogP contribution < -0.4 is 5.32 Å². The highest BCUT2D eigenvalue weighted by molar-refractivity contribution is 7.14. The van der Waals surface area contributed by atoms with E-state index in [1.807, 2.05) is 0 Å². The minimum atomic E-state index is -0.279. The van der Waals surface area contributed by atoms with Gasteiger partial charge in [0.1, 0.15) is 24.4 Å². The fourth-order valence-corrected chi connectivity index (χ4v) is 1.67. The van der Waals surface area contributed by atoms with Crippen molar-refractivity contribution in [3.8, 4) is 0 Å². The topological polar surface area (TPSA) is 63.6 Å². The second-order valence-electron chi connectivity index (χ2n) is 2.58. The largest absolute Gasteiger partial charge is 0.399 e. The van der Waals surface area contributed by atoms with E-state index in [1.54, 1.807) is 12.3 Å². The molecule has 1 heterocycles. The zero-order valence-electron chi connectivity index (χ0n) is 8.28. The van der Waals surface area contributed by atoms with Crippen LogP contribution in [0.3, 0.4) is 0 Å². The van der Waals surface area contributed by atoms with E-state index in [0.29, 0.717) is 16.5 Å². The molecule has 0 aliphatic carbocycles. The number of hydrogen-bond donors (Lipinski definition) is 1. The Morgan fingerprint density at radius 2 is 2.53 bits per heavy atom. The summed E-state index contributed by atoms with van der Waals surface area (Å²) in [5.41, 5.74) is 1.33. The van der Waals surface area contributed by atoms with Crippen molar-refractivity contribution in [2.75, 3.05) is 18.3 Å². The van der Waals surface area contributed by atoms with E-state index in [9.17, 15) is 4.79 Å². The van der Waals surface area contributed by atoms with Crippen molar-refractivity contribution in [3.63, 3.8) is 0 Å². The number of carbonyl (C=O) groups is 1. The molecule has 0 aliphatic rings. The maximum atomic E-state index is 11.0. The van der Waals surface area contributed by atoms with Gasteiger partial charge in [-0.1, -0.05) is 5.16 Å². The summed E-state index contributed by atoms with van der Waals surface area (Å²) in [4.78, 5) is 19.7. The van der Waals surface area contributed by atoms with Crippen LogP contribution >= 0.6 is 22.9 Å². The molecule has 0 saturated carbocycles. The number of halogens is 1. The van der Waals surface area contributed by atoms with E-state index >= 15 is 0 Å². The van der Waals surface area contributed by atoms with Crippen molar-refractivity contribution in [2.24, 2.45) is 5.16 Å². The summed E-state index contributed by atoms with van der Waals surface area (Å²) < 4.78 is 0. The number of thiazole rings is 1. The normalized spacial score (nSPS) is 11.3. The third kappa shape index (κ3) is 3.49. The van der Waals surface area contributed by atoms with Gasteiger partial charge in [0.2, 0.25) is 5.91 Å². The van der Waals surface area contributed by atoms with Crippen molar-refractivity contribution in [1.82, 2.24) is 4.98 Å². The molecule has 0 aliphatic heterocycles. The van der Waals surface area contributed by atoms with Crippen LogP contribution in [0.5, 0.6) is 0 Å². The molecule has 1 rings (SSSR count). The highest BCUT2D eigenvalue weighted by atomic mass is 35.5. The number of oxime groups is 1. The Balaban J connectivity index is 2.72. The Bertz CT molecular complexity index is 378. The third-order valence-corrected chi connectivity index (χ3v) is 2.47. The van der Waals surface area contributed by atoms with Crippen molar-refractivity contribution in [1.29, 1.82) is 0 Å². The standard InChI is InChI=1S/C8H10ClN3O2S/c1-5(12-14-2)6-4-15-8(10-6)11-7(13)3-9/h4H,3H2,1-2H3,(H,10,11,13)/b12-5+. The lowest BCUT2D eigenvalue weighted by atomic mass is 10.3. The van der Waals surface area contributed by atoms with E-state index in [-0.39, 0.29) is 11.8 Å². The van der Waals surface area contributed by atoms with Crippen molar-refractivity contribution < 1.29 is 9.63 Å². The first-order valence-electron chi connectivity index (χ1n) is 4.07. The quantitative estimate of drug-likeness (QED) is 0.500. The molecule has 82 valence electrons. The molecule has 0 saturated heterocycles. The summed E-state index contributed by atoms with van der Waals surface area (Å²) in [5, 5.41) is 8.56. The van der Waals surface area contributed by atoms with E-state index < -0.39 is 0 Å². The molecule has 0 bridgehead atoms. The Kier molecular flexibility index (Phi) is 4.51. The summed E-state index contributed by atoms with van der Waals surface area (Å²) in [5.74, 6) is -0.362. The van der Waals surface area contributed by atoms with Crippen molar-refractivity contribution >= 4 is 39.7 Å². The van der Waals surface area contributed by atoms with Crippen LogP contribution in [0.2, 0.25) is 0 Å². The third-order valence-electron chi connectivity index (χ3n) is 1.47. The average Bonchev–Trinajstić information content (AvgIpc) is 2.66. The maximum Gasteiger partial charge on any atom is 0.241 e. The number of amides is 1. The molecule has 0 spiro atoms. The summed E-state index contributed by atoms with van der Waals surface area (Å²) in [7, 11) is 1.46. The highest BCUT2D eigenvalue weighted by Crippen LogP contribution is 2.16. The van der Waals surface area contributed by atoms with Gasteiger partial charge in [-0.05, 0) is 6.92 Å². The zero-order valence-corrected chi connectivity index (χ0v) is 9.85. The predicted molar refractivity (Wildman–Crippen MR) is 60.7 cm³/mol. The smallest absolute Gasteiger partial charge is 0.241 e. The molecule has 7 heteroatoms. The zero-order chi connectivity index (χ0) is 11.3. The number of anilines is 1. The van der Waals surface area contributed by atoms with Gasteiger partial charge in [-0.25, -0.2) is 4.98 Å². The molecule has 0 aromatic carbocycles. The lowest BCUT2D eigenvalue weighted by Gasteiger charge is -1.96. The lowest BCUT2D eigenvalue weighted by Crippen LogP contribution is -2.12. The van der Waals surface area contributed by atoms with Crippen LogP contribution in [0.1, 0.15) is 12.6 Å². The van der Waals surface area contributed by atoms with Crippen molar-refractivity contribution in [2.45, 2.75) is 6.92 Å². The molecule has 0 atom stereocenters. The van der Waals surface area contributed by atoms with Crippen LogP contribution in [0.4, 0.5) is 5.13 Å². The van der Waals surface area contributed by atoms with E-state index in [2.05, 4.69) is 20.3 Å². The van der Waals surface area contributed by atoms with E-state index in [1.165, 1.54) is 18.4 Å². The van der Waals surface area contributed by atoms with Gasteiger partial charge in [0.25, 0.3) is 0 Å². The van der Waals surface area contributed by atoms with E-state index in [4.69, 9.17) is 11.6 Å². The number of aromatic nitrogens is 1. The van der Waals surface area contributed by atoms with Gasteiger partial charge in [-0.3, -0.25) is 4.79 Å². The summed E-state index contributed by atoms with van der Waals surface area (Å²) in [6.45, 7) is 1.77. The van der Waals surface area contributed by atoms with Crippen LogP contribution in [0.25, 0.3) is 0 Å². The SMILES string of the molecule is CO/N=C(\C)c1csc(NC(=O)CCl)n1. The van der Waals surface area contributed by atoms with Gasteiger partial charge >= 0.3 is 0 Å². The summed E-state index contributed by atoms with van der Waals surface area (Å²) in [6, 6.07) is 0. The minimum Gasteiger partial charge on any atom is -0.399 e. The van der Waals surface area contributed by atoms with Gasteiger partial charge in [0.05, 0.1) is 0 Å². The first kappa shape index (κ1) is 11.9. The molecule has 1 N–H and O–H groups in total. The predicted octanol–water partition coefficient (Wildman–Crippen LogP) is 1.69. The van der Waals surface area contributed by atoms with Gasteiger partial charge in [-0.2, -0.15) is 0 Å². The molecule has 1 aromatic heterocycles. The Morgan fingerprint density at radius 1 is 1.80 bits per heavy atom. The number of nitrogens with one attached hydrogen (secondary N) is 1. The fourth-order valence-electron chi connectivity index (χ4n) is 0.834. The lowest BCUT2D eigenvalue weighted by molar-refractivity contribution is -0.113. The molecule has 1 amide bonds. The van der Waals surface area contributed by atoms with Gasteiger partial charge in [-0.15, -0.1) is 22.9 Å². The van der Waals surface area contributed by atoms with Crippen LogP contribution in [0, 0.1) is 0 Å². The minimum absolute atomic E-state index is 0.0833. The Labute approximate surface area is 96.1 Å². The number of hydrogen-bond acceptors (Lipinski definition) is 5. The monoisotopic (exact) mass is 247 g/mol. The molecule has 1 aromatic rings. The molecule has 0 fully saturated rings. The number of rotatable bonds is 4. The Morgan fingerprint density at radius 3 is 3.13 bits per heavy atom. The van der Waals surface area contributed by atoms with Gasteiger partial charge in [0, 0.05) is 5.38 Å². The van der Waals surface area contributed by atoms with Crippen molar-refractivity contribution in [3.05, 3.63) is 11.1 Å². The van der Waals surface area contributed by atoms with Crippen LogP contribution in [-0.4, -0.2) is 29.6 Å². The highest BCUT2D eigenvalue weighted by Gasteiger charge is 2.07. The molecule has 15 heavy (non-hydrogen) atoms. The van der Waals surface area contributed by atoms with Crippen LogP contribution in [-0.2, 0) is 9.63 Å². The van der Waals surface area contributed by atoms with Gasteiger partial charge in [0.15, 0.2) is 5.13 Å². The molecular weight excluding hydrogens is 238 g/mol. The summed E-state index contributed by atoms with van der Waals surface area (Å²) in [6.07, 6.45) is 0. The maximum absolute atomic E-state index is 11.0. The number of carbonyl (C=O) groups excluding carboxylic acids is 1. The van der Waals surface area contributed by atoms with E-state index in [0.717, 1.165) is 0 Å². The molecule has 0 unspecified atom stereocenters. The average molecular weight is 248 g/mol. The summed E-state index contributed by atoms with van der Waals surface area (Å²) >= 11 is 6.65.